The van der Waals surface area contributed by atoms with E-state index in [0.29, 0.717) is 28.2 Å². The molecular weight excluding hydrogens is 747 g/mol. The Morgan fingerprint density at radius 2 is 1.30 bits per heavy atom. The van der Waals surface area contributed by atoms with E-state index in [4.69, 9.17) is 38.7 Å². The summed E-state index contributed by atoms with van der Waals surface area (Å²) in [4.78, 5) is 48.4. The number of likely N-dealkylation sites (N-methyl/N-ethyl adjacent to an activating group) is 2. The Labute approximate surface area is 296 Å². The molecule has 0 spiro atoms. The van der Waals surface area contributed by atoms with Crippen molar-refractivity contribution in [3.8, 4) is 0 Å². The van der Waals surface area contributed by atoms with Crippen LogP contribution in [0.5, 0.6) is 0 Å². The number of carboxylic acids is 2. The zero-order valence-corrected chi connectivity index (χ0v) is 28.6. The minimum absolute atomic E-state index is 0.0119. The van der Waals surface area contributed by atoms with E-state index < -0.39 is 40.0 Å². The second kappa shape index (κ2) is 16.6. The van der Waals surface area contributed by atoms with Crippen molar-refractivity contribution in [2.75, 3.05) is 47.6 Å². The van der Waals surface area contributed by atoms with E-state index in [1.165, 1.54) is 54.2 Å². The number of carboxylic acid groups (broad SMARTS) is 2. The van der Waals surface area contributed by atoms with Crippen molar-refractivity contribution in [2.45, 2.75) is 9.79 Å². The minimum Gasteiger partial charge on any atom is -0.480 e. The highest BCUT2D eigenvalue weighted by atomic mass is 35.5. The zero-order chi connectivity index (χ0) is 36.6. The molecule has 0 saturated carbocycles. The molecule has 0 radical (unpaired) electrons. The number of hydrogen-bond acceptors (Lipinski definition) is 18. The van der Waals surface area contributed by atoms with Crippen LogP contribution in [0.25, 0.3) is 12.2 Å². The molecule has 20 nitrogen and oxygen atoms in total. The molecular formula is C26H24Cl2N10O10S2. The molecule has 2 aromatic heterocycles. The second-order valence-corrected chi connectivity index (χ2v) is 12.6. The molecule has 2 aromatic carbocycles. The molecule has 0 aliphatic heterocycles. The van der Waals surface area contributed by atoms with Crippen LogP contribution in [0, 0.1) is 0 Å². The number of nitrogens with one attached hydrogen (secondary N) is 2. The number of nitrogens with zero attached hydrogens (tertiary/aromatic N) is 8. The van der Waals surface area contributed by atoms with Crippen LogP contribution in [0.15, 0.2) is 46.2 Å². The fraction of sp³-hybridized carbons (Fsp3) is 0.154. The molecule has 24 heteroatoms. The number of halogens is 2. The summed E-state index contributed by atoms with van der Waals surface area (Å²) in [5.41, 5.74) is 0.989. The topological polar surface area (TPSA) is 276 Å². The van der Waals surface area contributed by atoms with Gasteiger partial charge in [-0.25, -0.2) is 5.26 Å². The molecule has 2 heterocycles. The molecule has 0 unspecified atom stereocenters. The first-order valence-electron chi connectivity index (χ1n) is 13.4. The first kappa shape index (κ1) is 37.9. The zero-order valence-electron chi connectivity index (χ0n) is 25.4. The van der Waals surface area contributed by atoms with Gasteiger partial charge >= 0.3 is 11.9 Å². The van der Waals surface area contributed by atoms with E-state index >= 15 is 0 Å². The van der Waals surface area contributed by atoms with E-state index in [1.807, 2.05) is 0 Å². The largest absolute Gasteiger partial charge is 0.480 e. The second-order valence-electron chi connectivity index (χ2n) is 9.75. The number of anilines is 6. The summed E-state index contributed by atoms with van der Waals surface area (Å²) >= 11 is 12.6. The molecule has 0 amide bonds. The maximum Gasteiger partial charge on any atom is 0.323 e. The van der Waals surface area contributed by atoms with Crippen LogP contribution >= 0.6 is 35.2 Å². The first-order valence-corrected chi connectivity index (χ1v) is 16.4. The average Bonchev–Trinajstić information content (AvgIpc) is 3.02. The van der Waals surface area contributed by atoms with Crippen LogP contribution in [0.1, 0.15) is 11.1 Å². The number of benzene rings is 2. The fourth-order valence-corrected chi connectivity index (χ4v) is 5.50. The number of carbonyl (C=O) groups is 2. The van der Waals surface area contributed by atoms with Crippen molar-refractivity contribution >= 4 is 105 Å². The molecule has 264 valence electrons. The maximum absolute atomic E-state index is 12.4. The molecule has 0 aliphatic carbocycles. The van der Waals surface area contributed by atoms with Gasteiger partial charge in [-0.1, -0.05) is 29.3 Å². The van der Waals surface area contributed by atoms with Crippen molar-refractivity contribution < 1.29 is 47.4 Å². The molecule has 0 fully saturated rings. The predicted molar refractivity (Wildman–Crippen MR) is 180 cm³/mol. The van der Waals surface area contributed by atoms with Crippen molar-refractivity contribution in [1.29, 1.82) is 0 Å². The van der Waals surface area contributed by atoms with Crippen molar-refractivity contribution in [3.63, 3.8) is 0 Å². The summed E-state index contributed by atoms with van der Waals surface area (Å²) in [6.07, 6.45) is 2.87. The molecule has 50 heavy (non-hydrogen) atoms. The van der Waals surface area contributed by atoms with Gasteiger partial charge in [0.25, 0.3) is 10.1 Å². The van der Waals surface area contributed by atoms with Gasteiger partial charge in [0, 0.05) is 30.4 Å². The molecule has 0 saturated heterocycles. The Bertz CT molecular complexity index is 2040. The Morgan fingerprint density at radius 3 is 1.78 bits per heavy atom. The van der Waals surface area contributed by atoms with E-state index in [-0.39, 0.29) is 45.6 Å². The van der Waals surface area contributed by atoms with Gasteiger partial charge in [-0.15, -0.1) is 4.33 Å². The average molecular weight is 772 g/mol. The van der Waals surface area contributed by atoms with Crippen LogP contribution in [0.4, 0.5) is 35.2 Å². The third-order valence-electron chi connectivity index (χ3n) is 6.03. The normalized spacial score (nSPS) is 11.4. The van der Waals surface area contributed by atoms with Crippen molar-refractivity contribution in [3.05, 3.63) is 58.1 Å². The first-order chi connectivity index (χ1) is 23.6. The smallest absolute Gasteiger partial charge is 0.323 e. The standard InChI is InChI=1S/C26H24Cl2N10O10S2/c1-37(11-19(39)40)25-33-21(27)31-23(35-25)29-15-7-5-13(17(9-15)49-48-47-43)3-4-14-6-8-16(10-18(14)50(44,45)46)30-24-32-22(28)34-26(36-24)38(2)12-20(41)42/h3-10,43H,11-12H2,1-2H3,(H,39,40)(H,41,42)(H,44,45,46)(H,29,31,33,35)(H,30,32,34,36). The minimum atomic E-state index is -4.78. The lowest BCUT2D eigenvalue weighted by molar-refractivity contribution is -0.432. The van der Waals surface area contributed by atoms with Gasteiger partial charge in [0.2, 0.25) is 34.4 Å². The van der Waals surface area contributed by atoms with Gasteiger partial charge in [0.1, 0.15) is 18.0 Å². The highest BCUT2D eigenvalue weighted by molar-refractivity contribution is 7.94. The summed E-state index contributed by atoms with van der Waals surface area (Å²) in [6, 6.07) is 8.64. The van der Waals surface area contributed by atoms with E-state index in [9.17, 15) is 22.6 Å². The van der Waals surface area contributed by atoms with Gasteiger partial charge in [-0.05, 0) is 58.6 Å². The Hall–Kier alpha value is -4.94. The van der Waals surface area contributed by atoms with E-state index in [1.54, 1.807) is 12.1 Å². The number of aliphatic carboxylic acids is 2. The number of aromatic nitrogens is 6. The van der Waals surface area contributed by atoms with Crippen LogP contribution in [-0.2, 0) is 29.1 Å². The molecule has 0 atom stereocenters. The fourth-order valence-electron chi connectivity index (χ4n) is 3.96. The highest BCUT2D eigenvalue weighted by Gasteiger charge is 2.18. The summed E-state index contributed by atoms with van der Waals surface area (Å²) in [6.45, 7) is -0.837. The highest BCUT2D eigenvalue weighted by Crippen LogP contribution is 2.31. The molecule has 0 aliphatic rings. The predicted octanol–water partition coefficient (Wildman–Crippen LogP) is 3.74. The van der Waals surface area contributed by atoms with Crippen molar-refractivity contribution in [1.82, 2.24) is 29.9 Å². The van der Waals surface area contributed by atoms with E-state index in [2.05, 4.69) is 49.9 Å². The quantitative estimate of drug-likeness (QED) is 0.0311. The third kappa shape index (κ3) is 10.8. The summed E-state index contributed by atoms with van der Waals surface area (Å²) in [5, 5.41) is 35.7. The van der Waals surface area contributed by atoms with Crippen LogP contribution < -0.4 is 20.4 Å². The van der Waals surface area contributed by atoms with Gasteiger partial charge in [-0.3, -0.25) is 14.1 Å². The monoisotopic (exact) mass is 770 g/mol. The summed E-state index contributed by atoms with van der Waals surface area (Å²) in [7, 11) is -1.91. The Balaban J connectivity index is 1.62. The SMILES string of the molecule is CN(CC(=O)O)c1nc(Cl)nc(Nc2ccc(C=Cc3ccc(Nc4nc(Cl)nc(N(C)CC(=O)O)n4)cc3S(=O)(=O)O)c(SOOO)c2)n1. The third-order valence-corrected chi connectivity index (χ3v) is 7.94. The summed E-state index contributed by atoms with van der Waals surface area (Å²) < 4.78 is 39.4. The van der Waals surface area contributed by atoms with Gasteiger partial charge < -0.3 is 30.6 Å². The molecule has 4 rings (SSSR count). The number of hydrogen-bond donors (Lipinski definition) is 6. The van der Waals surface area contributed by atoms with Gasteiger partial charge in [0.15, 0.2) is 0 Å². The number of rotatable bonds is 16. The van der Waals surface area contributed by atoms with Gasteiger partial charge in [-0.2, -0.15) is 38.3 Å². The molecule has 6 N–H and O–H groups in total. The lowest BCUT2D eigenvalue weighted by Gasteiger charge is -2.15. The Kier molecular flexibility index (Phi) is 12.6. The summed E-state index contributed by atoms with van der Waals surface area (Å²) in [5.74, 6) is -2.50. The van der Waals surface area contributed by atoms with E-state index in [0.717, 1.165) is 6.07 Å². The lowest BCUT2D eigenvalue weighted by atomic mass is 10.1. The van der Waals surface area contributed by atoms with Gasteiger partial charge in [0.05, 0.1) is 12.0 Å². The molecule has 0 bridgehead atoms. The Morgan fingerprint density at radius 1 is 0.820 bits per heavy atom. The lowest BCUT2D eigenvalue weighted by Crippen LogP contribution is -2.27. The van der Waals surface area contributed by atoms with Crippen LogP contribution in [0.2, 0.25) is 10.6 Å². The van der Waals surface area contributed by atoms with Crippen LogP contribution in [-0.4, -0.2) is 97.5 Å². The van der Waals surface area contributed by atoms with Crippen LogP contribution in [0.3, 0.4) is 0 Å². The molecule has 4 aromatic rings. The maximum atomic E-state index is 12.4. The van der Waals surface area contributed by atoms with Crippen molar-refractivity contribution in [2.24, 2.45) is 0 Å².